The van der Waals surface area contributed by atoms with Gasteiger partial charge in [0, 0.05) is 23.7 Å². The third kappa shape index (κ3) is 0.336. The standard InChI is InChI=1S/C11H10Cl2O/c12-10-6-2-1-3-5-4(2)8(10)9(5)11(13,14-10)7(3)6/h2-9H,1H2. The minimum absolute atomic E-state index is 0.311. The summed E-state index contributed by atoms with van der Waals surface area (Å²) < 4.78 is 6.07. The van der Waals surface area contributed by atoms with Crippen molar-refractivity contribution in [3.63, 3.8) is 0 Å². The van der Waals surface area contributed by atoms with Crippen LogP contribution < -0.4 is 0 Å². The molecule has 4 bridgehead atoms. The van der Waals surface area contributed by atoms with Crippen LogP contribution in [0.25, 0.3) is 0 Å². The quantitative estimate of drug-likeness (QED) is 0.579. The first-order valence-corrected chi connectivity index (χ1v) is 6.51. The fraction of sp³-hybridized carbons (Fsp3) is 1.00. The zero-order chi connectivity index (χ0) is 9.03. The van der Waals surface area contributed by atoms with Gasteiger partial charge in [-0.2, -0.15) is 0 Å². The summed E-state index contributed by atoms with van der Waals surface area (Å²) in [6.07, 6.45) is 1.42. The fourth-order valence-corrected chi connectivity index (χ4v) is 8.35. The molecule has 0 aromatic heterocycles. The molecule has 7 rings (SSSR count). The molecule has 0 amide bonds. The Bertz CT molecular complexity index is 372. The Hall–Kier alpha value is 0.540. The second kappa shape index (κ2) is 1.43. The van der Waals surface area contributed by atoms with Gasteiger partial charge in [-0.25, -0.2) is 0 Å². The van der Waals surface area contributed by atoms with Crippen LogP contribution in [0.2, 0.25) is 0 Å². The first kappa shape index (κ1) is 6.98. The minimum atomic E-state index is -0.311. The van der Waals surface area contributed by atoms with Gasteiger partial charge in [0.2, 0.25) is 0 Å². The van der Waals surface area contributed by atoms with Crippen LogP contribution in [0.5, 0.6) is 0 Å². The Morgan fingerprint density at radius 1 is 0.857 bits per heavy atom. The molecule has 3 heteroatoms. The fourth-order valence-electron chi connectivity index (χ4n) is 6.89. The van der Waals surface area contributed by atoms with E-state index >= 15 is 0 Å². The summed E-state index contributed by atoms with van der Waals surface area (Å²) >= 11 is 13.4. The van der Waals surface area contributed by atoms with E-state index in [4.69, 9.17) is 27.9 Å². The molecule has 1 nitrogen and oxygen atoms in total. The van der Waals surface area contributed by atoms with E-state index in [-0.39, 0.29) is 10.1 Å². The predicted octanol–water partition coefficient (Wildman–Crippen LogP) is 2.27. The highest BCUT2D eigenvalue weighted by atomic mass is 35.5. The molecule has 7 aliphatic rings. The molecule has 10 unspecified atom stereocenters. The van der Waals surface area contributed by atoms with E-state index in [2.05, 4.69) is 0 Å². The van der Waals surface area contributed by atoms with Crippen molar-refractivity contribution in [2.45, 2.75) is 16.5 Å². The van der Waals surface area contributed by atoms with E-state index in [9.17, 15) is 0 Å². The molecular weight excluding hydrogens is 219 g/mol. The third-order valence-corrected chi connectivity index (χ3v) is 7.80. The number of rotatable bonds is 0. The molecule has 2 aliphatic heterocycles. The first-order chi connectivity index (χ1) is 6.68. The Balaban J connectivity index is 1.83. The van der Waals surface area contributed by atoms with Crippen molar-refractivity contribution in [2.24, 2.45) is 47.3 Å². The Morgan fingerprint density at radius 3 is 1.86 bits per heavy atom. The maximum absolute atomic E-state index is 6.71. The highest BCUT2D eigenvalue weighted by molar-refractivity contribution is 6.29. The monoisotopic (exact) mass is 228 g/mol. The zero-order valence-electron chi connectivity index (χ0n) is 7.49. The van der Waals surface area contributed by atoms with Crippen molar-refractivity contribution >= 4 is 23.2 Å². The molecule has 2 saturated heterocycles. The molecule has 0 N–H and O–H groups in total. The normalized spacial score (nSPS) is 93.0. The van der Waals surface area contributed by atoms with Gasteiger partial charge < -0.3 is 4.74 Å². The molecule has 5 saturated carbocycles. The van der Waals surface area contributed by atoms with Crippen molar-refractivity contribution < 1.29 is 4.74 Å². The van der Waals surface area contributed by atoms with E-state index in [1.54, 1.807) is 0 Å². The second-order valence-corrected chi connectivity index (χ2v) is 7.50. The summed E-state index contributed by atoms with van der Waals surface area (Å²) in [5.41, 5.74) is 0. The van der Waals surface area contributed by atoms with Gasteiger partial charge in [-0.05, 0) is 30.1 Å². The van der Waals surface area contributed by atoms with Crippen molar-refractivity contribution in [1.29, 1.82) is 0 Å². The molecule has 2 heterocycles. The van der Waals surface area contributed by atoms with Gasteiger partial charge in [-0.1, -0.05) is 23.2 Å². The van der Waals surface area contributed by atoms with Crippen LogP contribution in [0.15, 0.2) is 0 Å². The van der Waals surface area contributed by atoms with Crippen LogP contribution in [0.1, 0.15) is 6.42 Å². The van der Waals surface area contributed by atoms with Crippen LogP contribution in [0, 0.1) is 47.3 Å². The van der Waals surface area contributed by atoms with Crippen LogP contribution in [0.4, 0.5) is 0 Å². The summed E-state index contributed by atoms with van der Waals surface area (Å²) in [5, 5.41) is -0.623. The van der Waals surface area contributed by atoms with Gasteiger partial charge in [0.25, 0.3) is 0 Å². The van der Waals surface area contributed by atoms with Gasteiger partial charge >= 0.3 is 0 Å². The molecular formula is C11H10Cl2O. The topological polar surface area (TPSA) is 9.23 Å². The van der Waals surface area contributed by atoms with Crippen LogP contribution >= 0.6 is 23.2 Å². The number of hydrogen-bond donors (Lipinski definition) is 0. The summed E-state index contributed by atoms with van der Waals surface area (Å²) in [4.78, 5) is 0. The van der Waals surface area contributed by atoms with Crippen molar-refractivity contribution in [1.82, 2.24) is 0 Å². The van der Waals surface area contributed by atoms with E-state index < -0.39 is 0 Å². The number of alkyl halides is 2. The third-order valence-electron chi connectivity index (χ3n) is 6.63. The molecule has 5 aliphatic carbocycles. The Morgan fingerprint density at radius 2 is 1.36 bits per heavy atom. The molecule has 0 spiro atoms. The van der Waals surface area contributed by atoms with Crippen molar-refractivity contribution in [3.8, 4) is 0 Å². The highest BCUT2D eigenvalue weighted by Gasteiger charge is 2.97. The maximum Gasteiger partial charge on any atom is 0.151 e. The molecule has 0 aromatic carbocycles. The molecule has 10 atom stereocenters. The van der Waals surface area contributed by atoms with Gasteiger partial charge in [0.05, 0.1) is 0 Å². The van der Waals surface area contributed by atoms with Crippen LogP contribution in [-0.2, 0) is 4.74 Å². The lowest BCUT2D eigenvalue weighted by molar-refractivity contribution is 0.0237. The number of halogens is 2. The lowest BCUT2D eigenvalue weighted by Crippen LogP contribution is -2.48. The van der Waals surface area contributed by atoms with Gasteiger partial charge in [0.15, 0.2) is 10.1 Å². The van der Waals surface area contributed by atoms with E-state index in [1.807, 2.05) is 0 Å². The molecule has 0 aromatic rings. The van der Waals surface area contributed by atoms with E-state index in [0.717, 1.165) is 23.7 Å². The Labute approximate surface area is 92.1 Å². The van der Waals surface area contributed by atoms with E-state index in [0.29, 0.717) is 23.7 Å². The number of ether oxygens (including phenoxy) is 1. The lowest BCUT2D eigenvalue weighted by atomic mass is 9.60. The van der Waals surface area contributed by atoms with Crippen LogP contribution in [0.3, 0.4) is 0 Å². The van der Waals surface area contributed by atoms with Crippen LogP contribution in [-0.4, -0.2) is 10.1 Å². The van der Waals surface area contributed by atoms with Crippen molar-refractivity contribution in [2.75, 3.05) is 0 Å². The predicted molar refractivity (Wildman–Crippen MR) is 50.8 cm³/mol. The SMILES string of the molecule is ClC12OC3(Cl)C4C5CC(C6C5C3C61)C42. The average molecular weight is 229 g/mol. The second-order valence-electron chi connectivity index (χ2n) is 6.32. The maximum atomic E-state index is 6.71. The summed E-state index contributed by atoms with van der Waals surface area (Å²) in [7, 11) is 0. The minimum Gasteiger partial charge on any atom is -0.337 e. The average Bonchev–Trinajstić information content (AvgIpc) is 2.60. The molecule has 14 heavy (non-hydrogen) atoms. The largest absolute Gasteiger partial charge is 0.337 e. The lowest BCUT2D eigenvalue weighted by Gasteiger charge is -2.45. The summed E-state index contributed by atoms with van der Waals surface area (Å²) in [6, 6.07) is 0. The molecule has 74 valence electrons. The van der Waals surface area contributed by atoms with Gasteiger partial charge in [-0.3, -0.25) is 0 Å². The molecule has 0 radical (unpaired) electrons. The van der Waals surface area contributed by atoms with E-state index in [1.165, 1.54) is 6.42 Å². The highest BCUT2D eigenvalue weighted by Crippen LogP contribution is 2.94. The number of hydrogen-bond acceptors (Lipinski definition) is 1. The zero-order valence-corrected chi connectivity index (χ0v) is 9.00. The summed E-state index contributed by atoms with van der Waals surface area (Å²) in [6.45, 7) is 0. The first-order valence-electron chi connectivity index (χ1n) is 5.76. The summed E-state index contributed by atoms with van der Waals surface area (Å²) in [5.74, 6) is 6.09. The van der Waals surface area contributed by atoms with Crippen molar-refractivity contribution in [3.05, 3.63) is 0 Å². The van der Waals surface area contributed by atoms with Gasteiger partial charge in [-0.15, -0.1) is 0 Å². The Kier molecular flexibility index (Phi) is 0.715. The van der Waals surface area contributed by atoms with Gasteiger partial charge in [0.1, 0.15) is 0 Å². The smallest absolute Gasteiger partial charge is 0.151 e. The molecule has 7 fully saturated rings.